The molecular formula is C17H25NO3. The number of benzene rings is 1. The van der Waals surface area contributed by atoms with Crippen molar-refractivity contribution in [1.29, 1.82) is 0 Å². The summed E-state index contributed by atoms with van der Waals surface area (Å²) in [5.74, 6) is 0.0993. The van der Waals surface area contributed by atoms with Gasteiger partial charge in [-0.15, -0.1) is 0 Å². The van der Waals surface area contributed by atoms with Gasteiger partial charge in [-0.1, -0.05) is 29.8 Å². The Morgan fingerprint density at radius 1 is 1.29 bits per heavy atom. The van der Waals surface area contributed by atoms with Crippen LogP contribution >= 0.6 is 0 Å². The number of aryl methyl sites for hydroxylation is 1. The largest absolute Gasteiger partial charge is 0.395 e. The molecule has 21 heavy (non-hydrogen) atoms. The van der Waals surface area contributed by atoms with Crippen molar-refractivity contribution in [1.82, 2.24) is 4.90 Å². The summed E-state index contributed by atoms with van der Waals surface area (Å²) in [4.78, 5) is 14.4. The minimum absolute atomic E-state index is 0.00948. The summed E-state index contributed by atoms with van der Waals surface area (Å²) in [6.45, 7) is 2.92. The number of nitrogens with zero attached hydrogens (tertiary/aromatic N) is 1. The van der Waals surface area contributed by atoms with E-state index in [-0.39, 0.29) is 24.5 Å². The van der Waals surface area contributed by atoms with Gasteiger partial charge in [-0.2, -0.15) is 0 Å². The number of hydrogen-bond acceptors (Lipinski definition) is 3. The molecule has 0 radical (unpaired) electrons. The zero-order valence-corrected chi connectivity index (χ0v) is 12.7. The molecule has 2 rings (SSSR count). The van der Waals surface area contributed by atoms with Gasteiger partial charge in [0.25, 0.3) is 0 Å². The number of carbonyl (C=O) groups excluding carboxylic acids is 1. The van der Waals surface area contributed by atoms with Gasteiger partial charge in [0.15, 0.2) is 0 Å². The van der Waals surface area contributed by atoms with E-state index in [0.29, 0.717) is 25.9 Å². The maximum absolute atomic E-state index is 12.6. The number of rotatable bonds is 5. The highest BCUT2D eigenvalue weighted by atomic mass is 16.3. The Labute approximate surface area is 126 Å². The van der Waals surface area contributed by atoms with E-state index in [1.54, 1.807) is 4.90 Å². The summed E-state index contributed by atoms with van der Waals surface area (Å²) in [5, 5.41) is 18.8. The third-order valence-electron chi connectivity index (χ3n) is 4.18. The van der Waals surface area contributed by atoms with Gasteiger partial charge in [0.1, 0.15) is 0 Å². The molecule has 0 heterocycles. The minimum atomic E-state index is -0.253. The van der Waals surface area contributed by atoms with Crippen LogP contribution in [0, 0.1) is 12.8 Å². The molecule has 1 fully saturated rings. The van der Waals surface area contributed by atoms with Gasteiger partial charge in [0.2, 0.25) is 5.91 Å². The summed E-state index contributed by atoms with van der Waals surface area (Å²) >= 11 is 0. The Hall–Kier alpha value is -1.39. The van der Waals surface area contributed by atoms with Crippen molar-refractivity contribution in [3.05, 3.63) is 35.4 Å². The van der Waals surface area contributed by atoms with E-state index in [1.807, 2.05) is 25.1 Å². The summed E-state index contributed by atoms with van der Waals surface area (Å²) in [5.41, 5.74) is 2.26. The van der Waals surface area contributed by atoms with Crippen molar-refractivity contribution in [3.63, 3.8) is 0 Å². The standard InChI is InChI=1S/C17H25NO3/c1-13-3-2-4-14(11-13)12-18(9-10-19)17(21)15-5-7-16(20)8-6-15/h2-4,11,15-16,19-20H,5-10,12H2,1H3. The van der Waals surface area contributed by atoms with Crippen molar-refractivity contribution >= 4 is 5.91 Å². The maximum Gasteiger partial charge on any atom is 0.226 e. The smallest absolute Gasteiger partial charge is 0.226 e. The van der Waals surface area contributed by atoms with E-state index in [4.69, 9.17) is 0 Å². The lowest BCUT2D eigenvalue weighted by Crippen LogP contribution is -2.39. The molecule has 2 N–H and O–H groups in total. The van der Waals surface area contributed by atoms with Crippen LogP contribution in [0.25, 0.3) is 0 Å². The topological polar surface area (TPSA) is 60.8 Å². The third-order valence-corrected chi connectivity index (χ3v) is 4.18. The van der Waals surface area contributed by atoms with Crippen LogP contribution in [0.1, 0.15) is 36.8 Å². The van der Waals surface area contributed by atoms with E-state index >= 15 is 0 Å². The summed E-state index contributed by atoms with van der Waals surface area (Å²) in [6.07, 6.45) is 2.64. The number of aliphatic hydroxyl groups is 2. The van der Waals surface area contributed by atoms with E-state index in [0.717, 1.165) is 18.4 Å². The second-order valence-corrected chi connectivity index (χ2v) is 5.98. The zero-order valence-electron chi connectivity index (χ0n) is 12.7. The molecule has 0 aliphatic heterocycles. The highest BCUT2D eigenvalue weighted by Crippen LogP contribution is 2.26. The molecule has 4 nitrogen and oxygen atoms in total. The fraction of sp³-hybridized carbons (Fsp3) is 0.588. The predicted octanol–water partition coefficient (Wildman–Crippen LogP) is 1.87. The summed E-state index contributed by atoms with van der Waals surface area (Å²) < 4.78 is 0. The van der Waals surface area contributed by atoms with Gasteiger partial charge in [-0.05, 0) is 38.2 Å². The van der Waals surface area contributed by atoms with Crippen LogP contribution < -0.4 is 0 Å². The van der Waals surface area contributed by atoms with Crippen molar-refractivity contribution in [3.8, 4) is 0 Å². The molecule has 1 aliphatic carbocycles. The number of aliphatic hydroxyl groups excluding tert-OH is 2. The Bertz CT molecular complexity index is 467. The summed E-state index contributed by atoms with van der Waals surface area (Å²) in [7, 11) is 0. The lowest BCUT2D eigenvalue weighted by molar-refractivity contribution is -0.138. The normalized spacial score (nSPS) is 22.0. The van der Waals surface area contributed by atoms with Crippen molar-refractivity contribution in [2.24, 2.45) is 5.92 Å². The van der Waals surface area contributed by atoms with E-state index in [9.17, 15) is 15.0 Å². The molecule has 1 aromatic rings. The molecule has 0 aromatic heterocycles. The minimum Gasteiger partial charge on any atom is -0.395 e. The monoisotopic (exact) mass is 291 g/mol. The van der Waals surface area contributed by atoms with Gasteiger partial charge in [0.05, 0.1) is 12.7 Å². The Morgan fingerprint density at radius 3 is 2.62 bits per heavy atom. The molecular weight excluding hydrogens is 266 g/mol. The first-order valence-corrected chi connectivity index (χ1v) is 7.73. The highest BCUT2D eigenvalue weighted by molar-refractivity contribution is 5.79. The molecule has 0 atom stereocenters. The Balaban J connectivity index is 2.02. The molecule has 1 aromatic carbocycles. The first-order chi connectivity index (χ1) is 10.1. The van der Waals surface area contributed by atoms with Crippen LogP contribution in [0.15, 0.2) is 24.3 Å². The van der Waals surface area contributed by atoms with Gasteiger partial charge in [-0.3, -0.25) is 4.79 Å². The van der Waals surface area contributed by atoms with Crippen molar-refractivity contribution < 1.29 is 15.0 Å². The van der Waals surface area contributed by atoms with E-state index < -0.39 is 0 Å². The fourth-order valence-corrected chi connectivity index (χ4v) is 3.00. The predicted molar refractivity (Wildman–Crippen MR) is 81.6 cm³/mol. The molecule has 0 spiro atoms. The molecule has 0 saturated heterocycles. The third kappa shape index (κ3) is 4.55. The summed E-state index contributed by atoms with van der Waals surface area (Å²) in [6, 6.07) is 8.10. The zero-order chi connectivity index (χ0) is 15.2. The van der Waals surface area contributed by atoms with Crippen molar-refractivity contribution in [2.75, 3.05) is 13.2 Å². The van der Waals surface area contributed by atoms with Crippen LogP contribution in [0.5, 0.6) is 0 Å². The first-order valence-electron chi connectivity index (χ1n) is 7.73. The van der Waals surface area contributed by atoms with Gasteiger partial charge < -0.3 is 15.1 Å². The van der Waals surface area contributed by atoms with Crippen LogP contribution in [0.4, 0.5) is 0 Å². The lowest BCUT2D eigenvalue weighted by Gasteiger charge is -2.30. The van der Waals surface area contributed by atoms with Gasteiger partial charge in [0, 0.05) is 19.0 Å². The van der Waals surface area contributed by atoms with Crippen molar-refractivity contribution in [2.45, 2.75) is 45.3 Å². The quantitative estimate of drug-likeness (QED) is 0.870. The molecule has 0 bridgehead atoms. The average Bonchev–Trinajstić information content (AvgIpc) is 2.47. The molecule has 116 valence electrons. The van der Waals surface area contributed by atoms with E-state index in [1.165, 1.54) is 5.56 Å². The van der Waals surface area contributed by atoms with Crippen LogP contribution in [-0.2, 0) is 11.3 Å². The van der Waals surface area contributed by atoms with Gasteiger partial charge >= 0.3 is 0 Å². The second-order valence-electron chi connectivity index (χ2n) is 5.98. The number of carbonyl (C=O) groups is 1. The second kappa shape index (κ2) is 7.57. The lowest BCUT2D eigenvalue weighted by atomic mass is 9.86. The van der Waals surface area contributed by atoms with Crippen LogP contribution in [0.2, 0.25) is 0 Å². The first kappa shape index (κ1) is 16.0. The molecule has 1 aliphatic rings. The average molecular weight is 291 g/mol. The highest BCUT2D eigenvalue weighted by Gasteiger charge is 2.28. The molecule has 0 unspecified atom stereocenters. The number of amides is 1. The maximum atomic E-state index is 12.6. The van der Waals surface area contributed by atoms with Crippen LogP contribution in [-0.4, -0.2) is 40.3 Å². The SMILES string of the molecule is Cc1cccc(CN(CCO)C(=O)C2CCC(O)CC2)c1. The fourth-order valence-electron chi connectivity index (χ4n) is 3.00. The molecule has 1 saturated carbocycles. The molecule has 4 heteroatoms. The molecule has 1 amide bonds. The Kier molecular flexibility index (Phi) is 5.76. The Morgan fingerprint density at radius 2 is 2.00 bits per heavy atom. The van der Waals surface area contributed by atoms with Crippen LogP contribution in [0.3, 0.4) is 0 Å². The van der Waals surface area contributed by atoms with E-state index in [2.05, 4.69) is 6.07 Å². The van der Waals surface area contributed by atoms with Gasteiger partial charge in [-0.25, -0.2) is 0 Å². The number of hydrogen-bond donors (Lipinski definition) is 2.